The van der Waals surface area contributed by atoms with Crippen molar-refractivity contribution in [1.82, 2.24) is 5.32 Å². The highest BCUT2D eigenvalue weighted by Crippen LogP contribution is 2.32. The molecule has 1 saturated heterocycles. The fourth-order valence-electron chi connectivity index (χ4n) is 1.79. The first kappa shape index (κ1) is 12.2. The van der Waals surface area contributed by atoms with Crippen LogP contribution in [0.25, 0.3) is 0 Å². The minimum Gasteiger partial charge on any atom is -0.493 e. The molecule has 1 fully saturated rings. The third-order valence-corrected chi connectivity index (χ3v) is 2.69. The van der Waals surface area contributed by atoms with Gasteiger partial charge in [-0.25, -0.2) is 4.79 Å². The summed E-state index contributed by atoms with van der Waals surface area (Å²) in [4.78, 5) is 22.5. The lowest BCUT2D eigenvalue weighted by Gasteiger charge is -2.16. The molecule has 2 N–H and O–H groups in total. The van der Waals surface area contributed by atoms with Gasteiger partial charge in [0, 0.05) is 13.0 Å². The number of carboxylic acids is 1. The zero-order chi connectivity index (χ0) is 13.1. The molecule has 0 radical (unpaired) electrons. The number of carboxylic acid groups (broad SMARTS) is 1. The Morgan fingerprint density at radius 3 is 2.83 bits per heavy atom. The van der Waals surface area contributed by atoms with Crippen LogP contribution < -0.4 is 14.8 Å². The molecule has 1 aliphatic heterocycles. The van der Waals surface area contributed by atoms with Gasteiger partial charge in [-0.1, -0.05) is 6.07 Å². The van der Waals surface area contributed by atoms with E-state index in [2.05, 4.69) is 5.32 Å². The molecular weight excluding hydrogens is 238 g/mol. The van der Waals surface area contributed by atoms with Crippen molar-refractivity contribution in [2.45, 2.75) is 12.5 Å². The number of hydrogen-bond acceptors (Lipinski definition) is 4. The number of benzene rings is 1. The van der Waals surface area contributed by atoms with E-state index in [9.17, 15) is 9.59 Å². The van der Waals surface area contributed by atoms with E-state index in [0.29, 0.717) is 18.7 Å². The van der Waals surface area contributed by atoms with Crippen molar-refractivity contribution in [3.8, 4) is 11.5 Å². The van der Waals surface area contributed by atoms with Crippen LogP contribution >= 0.6 is 0 Å². The van der Waals surface area contributed by atoms with E-state index in [4.69, 9.17) is 14.6 Å². The number of nitrogens with one attached hydrogen (secondary N) is 1. The average molecular weight is 251 g/mol. The molecule has 1 atom stereocenters. The second-order valence-electron chi connectivity index (χ2n) is 3.83. The maximum absolute atomic E-state index is 11.4. The Morgan fingerprint density at radius 1 is 1.50 bits per heavy atom. The summed E-state index contributed by atoms with van der Waals surface area (Å²) in [5.74, 6) is -0.969. The van der Waals surface area contributed by atoms with Crippen LogP contribution in [0, 0.1) is 0 Å². The van der Waals surface area contributed by atoms with Gasteiger partial charge in [0.05, 0.1) is 7.11 Å². The maximum atomic E-state index is 11.4. The van der Waals surface area contributed by atoms with E-state index in [0.717, 1.165) is 0 Å². The van der Waals surface area contributed by atoms with Crippen molar-refractivity contribution >= 4 is 11.9 Å². The highest BCUT2D eigenvalue weighted by molar-refractivity contribution is 5.92. The zero-order valence-electron chi connectivity index (χ0n) is 9.80. The van der Waals surface area contributed by atoms with E-state index >= 15 is 0 Å². The van der Waals surface area contributed by atoms with Crippen LogP contribution in [-0.4, -0.2) is 36.7 Å². The summed E-state index contributed by atoms with van der Waals surface area (Å²) in [6.45, 7) is 0.529. The number of para-hydroxylation sites is 1. The third-order valence-electron chi connectivity index (χ3n) is 2.69. The van der Waals surface area contributed by atoms with Gasteiger partial charge in [0.25, 0.3) is 5.91 Å². The molecule has 2 rings (SSSR count). The standard InChI is InChI=1S/C12H13NO5/c1-17-8-4-2-3-7(12(15)16)10(8)18-9-5-6-13-11(9)14/h2-4,9H,5-6H2,1H3,(H,13,14)(H,15,16). The first-order valence-corrected chi connectivity index (χ1v) is 5.48. The quantitative estimate of drug-likeness (QED) is 0.821. The minimum atomic E-state index is -1.12. The van der Waals surface area contributed by atoms with E-state index in [1.54, 1.807) is 12.1 Å². The van der Waals surface area contributed by atoms with Crippen LogP contribution in [0.15, 0.2) is 18.2 Å². The molecule has 6 heteroatoms. The van der Waals surface area contributed by atoms with E-state index in [-0.39, 0.29) is 17.2 Å². The van der Waals surface area contributed by atoms with Gasteiger partial charge in [-0.05, 0) is 12.1 Å². The minimum absolute atomic E-state index is 0.0194. The summed E-state index contributed by atoms with van der Waals surface area (Å²) in [6, 6.07) is 4.56. The molecule has 0 aliphatic carbocycles. The summed E-state index contributed by atoms with van der Waals surface area (Å²) in [5.41, 5.74) is -0.0194. The topological polar surface area (TPSA) is 84.9 Å². The van der Waals surface area contributed by atoms with Gasteiger partial charge in [-0.3, -0.25) is 4.79 Å². The predicted molar refractivity (Wildman–Crippen MR) is 62.0 cm³/mol. The number of rotatable bonds is 4. The van der Waals surface area contributed by atoms with Crippen LogP contribution in [-0.2, 0) is 4.79 Å². The molecule has 0 aromatic heterocycles. The van der Waals surface area contributed by atoms with Crippen molar-refractivity contribution in [1.29, 1.82) is 0 Å². The van der Waals surface area contributed by atoms with Crippen molar-refractivity contribution in [3.63, 3.8) is 0 Å². The number of hydrogen-bond donors (Lipinski definition) is 2. The van der Waals surface area contributed by atoms with Crippen LogP contribution in [0.5, 0.6) is 11.5 Å². The summed E-state index contributed by atoms with van der Waals surface area (Å²) in [6.07, 6.45) is -0.157. The van der Waals surface area contributed by atoms with E-state index < -0.39 is 12.1 Å². The lowest BCUT2D eigenvalue weighted by Crippen LogP contribution is -2.28. The Bertz CT molecular complexity index is 485. The third kappa shape index (κ3) is 2.22. The molecule has 1 aliphatic rings. The summed E-state index contributed by atoms with van der Waals surface area (Å²) < 4.78 is 10.5. The normalized spacial score (nSPS) is 18.3. The molecule has 1 unspecified atom stereocenters. The number of amides is 1. The second-order valence-corrected chi connectivity index (χ2v) is 3.83. The second kappa shape index (κ2) is 4.95. The van der Waals surface area contributed by atoms with Gasteiger partial charge in [0.15, 0.2) is 17.6 Å². The fraction of sp³-hybridized carbons (Fsp3) is 0.333. The molecule has 0 saturated carbocycles. The number of aromatic carboxylic acids is 1. The zero-order valence-corrected chi connectivity index (χ0v) is 9.80. The van der Waals surface area contributed by atoms with Gasteiger partial charge in [-0.2, -0.15) is 0 Å². The summed E-state index contributed by atoms with van der Waals surface area (Å²) in [7, 11) is 1.42. The van der Waals surface area contributed by atoms with Gasteiger partial charge in [0.2, 0.25) is 0 Å². The fourth-order valence-corrected chi connectivity index (χ4v) is 1.79. The van der Waals surface area contributed by atoms with Gasteiger partial charge in [0.1, 0.15) is 5.56 Å². The number of carbonyl (C=O) groups excluding carboxylic acids is 1. The van der Waals surface area contributed by atoms with Crippen LogP contribution in [0.4, 0.5) is 0 Å². The Labute approximate surface area is 104 Å². The highest BCUT2D eigenvalue weighted by atomic mass is 16.5. The lowest BCUT2D eigenvalue weighted by atomic mass is 10.2. The molecule has 1 aromatic carbocycles. The molecule has 96 valence electrons. The molecule has 6 nitrogen and oxygen atoms in total. The first-order valence-electron chi connectivity index (χ1n) is 5.48. The van der Waals surface area contributed by atoms with E-state index in [1.807, 2.05) is 0 Å². The SMILES string of the molecule is COc1cccc(C(=O)O)c1OC1CCNC1=O. The molecule has 0 spiro atoms. The van der Waals surface area contributed by atoms with Gasteiger partial charge in [-0.15, -0.1) is 0 Å². The largest absolute Gasteiger partial charge is 0.493 e. The smallest absolute Gasteiger partial charge is 0.339 e. The predicted octanol–water partition coefficient (Wildman–Crippen LogP) is 0.661. The van der Waals surface area contributed by atoms with Crippen molar-refractivity contribution in [2.75, 3.05) is 13.7 Å². The number of methoxy groups -OCH3 is 1. The Morgan fingerprint density at radius 2 is 2.28 bits per heavy atom. The number of ether oxygens (including phenoxy) is 2. The van der Waals surface area contributed by atoms with Crippen molar-refractivity contribution < 1.29 is 24.2 Å². The Hall–Kier alpha value is -2.24. The maximum Gasteiger partial charge on any atom is 0.339 e. The van der Waals surface area contributed by atoms with Crippen LogP contribution in [0.3, 0.4) is 0 Å². The van der Waals surface area contributed by atoms with Crippen molar-refractivity contribution in [3.05, 3.63) is 23.8 Å². The monoisotopic (exact) mass is 251 g/mol. The molecule has 1 heterocycles. The summed E-state index contributed by atoms with van der Waals surface area (Å²) in [5, 5.41) is 11.7. The number of carbonyl (C=O) groups is 2. The molecule has 1 aromatic rings. The highest BCUT2D eigenvalue weighted by Gasteiger charge is 2.29. The van der Waals surface area contributed by atoms with Crippen LogP contribution in [0.2, 0.25) is 0 Å². The Balaban J connectivity index is 2.34. The van der Waals surface area contributed by atoms with Gasteiger partial charge >= 0.3 is 5.97 Å². The molecule has 1 amide bonds. The molecule has 18 heavy (non-hydrogen) atoms. The average Bonchev–Trinajstić information content (AvgIpc) is 2.75. The molecule has 0 bridgehead atoms. The van der Waals surface area contributed by atoms with Crippen molar-refractivity contribution in [2.24, 2.45) is 0 Å². The summed E-state index contributed by atoms with van der Waals surface area (Å²) >= 11 is 0. The van der Waals surface area contributed by atoms with Gasteiger partial charge < -0.3 is 19.9 Å². The van der Waals surface area contributed by atoms with E-state index in [1.165, 1.54) is 13.2 Å². The molecular formula is C12H13NO5. The first-order chi connectivity index (χ1) is 8.63. The van der Waals surface area contributed by atoms with Crippen LogP contribution in [0.1, 0.15) is 16.8 Å². The lowest BCUT2D eigenvalue weighted by molar-refractivity contribution is -0.124. The Kier molecular flexibility index (Phi) is 3.36.